The quantitative estimate of drug-likeness (QED) is 0.182. The SMILES string of the molecule is Nc1nc2ncc(CNc3ccc(C(=O)NC(CCC(=O)O)C(=O)O)cc3)nc2c(=O)[nH]1.[H-].[Li+]. The summed E-state index contributed by atoms with van der Waals surface area (Å²) in [4.78, 5) is 60.6. The number of carbonyl (C=O) groups excluding carboxylic acids is 1. The minimum atomic E-state index is -1.31. The fraction of sp³-hybridized carbons (Fsp3) is 0.211. The number of nitrogens with one attached hydrogen (secondary N) is 3. The number of H-pyrrole nitrogens is 1. The number of aliphatic carboxylic acids is 2. The molecule has 0 aliphatic heterocycles. The first-order chi connectivity index (χ1) is 15.2. The van der Waals surface area contributed by atoms with Crippen LogP contribution in [0.2, 0.25) is 0 Å². The number of anilines is 2. The molecule has 13 nitrogen and oxygen atoms in total. The maximum Gasteiger partial charge on any atom is 1.00 e. The van der Waals surface area contributed by atoms with Crippen molar-refractivity contribution in [2.24, 2.45) is 0 Å². The number of benzene rings is 1. The normalized spacial score (nSPS) is 11.3. The number of carbonyl (C=O) groups is 3. The number of hydrogen-bond donors (Lipinski definition) is 6. The van der Waals surface area contributed by atoms with Gasteiger partial charge in [-0.05, 0) is 30.7 Å². The average molecular weight is 449 g/mol. The number of fused-ring (bicyclic) bond motifs is 1. The summed E-state index contributed by atoms with van der Waals surface area (Å²) >= 11 is 0. The van der Waals surface area contributed by atoms with Crippen LogP contribution < -0.4 is 40.8 Å². The molecule has 3 aromatic rings. The van der Waals surface area contributed by atoms with Crippen molar-refractivity contribution in [1.29, 1.82) is 0 Å². The van der Waals surface area contributed by atoms with Gasteiger partial charge in [0.05, 0.1) is 18.4 Å². The van der Waals surface area contributed by atoms with Gasteiger partial charge in [0, 0.05) is 17.7 Å². The molecule has 7 N–H and O–H groups in total. The zero-order valence-electron chi connectivity index (χ0n) is 18.5. The predicted molar refractivity (Wildman–Crippen MR) is 113 cm³/mol. The topological polar surface area (TPSA) is 213 Å². The standard InChI is InChI=1S/C19H19N7O6.Li.H/c20-19-25-15-14(17(30)26-19)23-11(8-22-15)7-21-10-3-1-9(2-4-10)16(29)24-12(18(31)32)5-6-13(27)28;;/h1-4,8,12,21H,5-7H2,(H,24,29)(H,27,28)(H,31,32)(H3,20,22,25,26,30);;/q;+1;-1. The Kier molecular flexibility index (Phi) is 8.49. The van der Waals surface area contributed by atoms with E-state index in [0.29, 0.717) is 11.4 Å². The number of carboxylic acids is 2. The van der Waals surface area contributed by atoms with Gasteiger partial charge in [-0.25, -0.2) is 14.8 Å². The van der Waals surface area contributed by atoms with Crippen LogP contribution in [-0.4, -0.2) is 54.0 Å². The Morgan fingerprint density at radius 2 is 1.85 bits per heavy atom. The fourth-order valence-corrected chi connectivity index (χ4v) is 2.75. The monoisotopic (exact) mass is 449 g/mol. The summed E-state index contributed by atoms with van der Waals surface area (Å²) in [5.41, 5.74) is 6.47. The van der Waals surface area contributed by atoms with Crippen molar-refractivity contribution >= 4 is 40.6 Å². The van der Waals surface area contributed by atoms with E-state index in [-0.39, 0.29) is 62.3 Å². The predicted octanol–water partition coefficient (Wildman–Crippen LogP) is -2.93. The van der Waals surface area contributed by atoms with Crippen LogP contribution in [0.3, 0.4) is 0 Å². The maximum absolute atomic E-state index is 12.3. The van der Waals surface area contributed by atoms with Crippen molar-refractivity contribution in [3.05, 3.63) is 52.1 Å². The van der Waals surface area contributed by atoms with Gasteiger partial charge in [0.1, 0.15) is 6.04 Å². The smallest absolute Gasteiger partial charge is 1.00 e. The van der Waals surface area contributed by atoms with Crippen molar-refractivity contribution in [1.82, 2.24) is 25.3 Å². The molecule has 1 amide bonds. The number of nitrogens with zero attached hydrogens (tertiary/aromatic N) is 3. The molecular formula is C19H20LiN7O6. The van der Waals surface area contributed by atoms with Crippen LogP contribution in [0.1, 0.15) is 30.3 Å². The third kappa shape index (κ3) is 6.76. The molecule has 0 fully saturated rings. The second-order valence-corrected chi connectivity index (χ2v) is 6.71. The molecule has 1 atom stereocenters. The molecule has 2 aromatic heterocycles. The van der Waals surface area contributed by atoms with Crippen LogP contribution in [0.25, 0.3) is 11.2 Å². The number of hydrogen-bond acceptors (Lipinski definition) is 9. The maximum atomic E-state index is 12.3. The molecule has 0 bridgehead atoms. The Morgan fingerprint density at radius 3 is 2.48 bits per heavy atom. The molecule has 0 spiro atoms. The zero-order valence-corrected chi connectivity index (χ0v) is 17.5. The van der Waals surface area contributed by atoms with Crippen LogP contribution in [0.5, 0.6) is 0 Å². The van der Waals surface area contributed by atoms with Crippen molar-refractivity contribution in [3.8, 4) is 0 Å². The second kappa shape index (κ2) is 11.1. The van der Waals surface area contributed by atoms with Gasteiger partial charge < -0.3 is 28.0 Å². The van der Waals surface area contributed by atoms with Crippen molar-refractivity contribution in [2.75, 3.05) is 11.1 Å². The molecule has 33 heavy (non-hydrogen) atoms. The van der Waals surface area contributed by atoms with Crippen molar-refractivity contribution in [2.45, 2.75) is 25.4 Å². The van der Waals surface area contributed by atoms with Gasteiger partial charge in [-0.3, -0.25) is 19.4 Å². The van der Waals surface area contributed by atoms with Gasteiger partial charge in [-0.2, -0.15) is 4.98 Å². The Morgan fingerprint density at radius 1 is 1.15 bits per heavy atom. The summed E-state index contributed by atoms with van der Waals surface area (Å²) in [5.74, 6) is -3.16. The van der Waals surface area contributed by atoms with Crippen LogP contribution in [0.4, 0.5) is 11.6 Å². The van der Waals surface area contributed by atoms with E-state index >= 15 is 0 Å². The van der Waals surface area contributed by atoms with Crippen LogP contribution in [0, 0.1) is 0 Å². The summed E-state index contributed by atoms with van der Waals surface area (Å²) < 4.78 is 0. The molecule has 14 heteroatoms. The van der Waals surface area contributed by atoms with Gasteiger partial charge in [-0.15, -0.1) is 0 Å². The number of amides is 1. The number of carboxylic acid groups (broad SMARTS) is 2. The summed E-state index contributed by atoms with van der Waals surface area (Å²) in [6.45, 7) is 0.231. The molecule has 2 heterocycles. The van der Waals surface area contributed by atoms with Gasteiger partial charge in [0.2, 0.25) is 5.95 Å². The van der Waals surface area contributed by atoms with Gasteiger partial charge in [-0.1, -0.05) is 0 Å². The van der Waals surface area contributed by atoms with Gasteiger partial charge in [0.25, 0.3) is 11.5 Å². The van der Waals surface area contributed by atoms with E-state index in [4.69, 9.17) is 15.9 Å². The average Bonchev–Trinajstić information content (AvgIpc) is 2.75. The first kappa shape index (κ1) is 25.3. The molecule has 0 radical (unpaired) electrons. The Labute approximate surface area is 199 Å². The van der Waals surface area contributed by atoms with Crippen LogP contribution >= 0.6 is 0 Å². The molecule has 3 rings (SSSR count). The number of rotatable bonds is 9. The third-order valence-corrected chi connectivity index (χ3v) is 4.36. The van der Waals surface area contributed by atoms with Gasteiger partial charge in [0.15, 0.2) is 11.2 Å². The largest absolute Gasteiger partial charge is 1.00 e. The first-order valence-electron chi connectivity index (χ1n) is 9.33. The van der Waals surface area contributed by atoms with E-state index in [1.807, 2.05) is 0 Å². The molecule has 1 unspecified atom stereocenters. The van der Waals surface area contributed by atoms with E-state index in [9.17, 15) is 19.2 Å². The number of aromatic nitrogens is 4. The van der Waals surface area contributed by atoms with Gasteiger partial charge >= 0.3 is 30.8 Å². The van der Waals surface area contributed by atoms with E-state index in [2.05, 4.69) is 30.6 Å². The molecule has 0 aliphatic rings. The van der Waals surface area contributed by atoms with E-state index in [1.165, 1.54) is 18.3 Å². The van der Waals surface area contributed by atoms with Crippen molar-refractivity contribution in [3.63, 3.8) is 0 Å². The second-order valence-electron chi connectivity index (χ2n) is 6.71. The zero-order chi connectivity index (χ0) is 23.3. The number of nitrogen functional groups attached to an aromatic ring is 1. The Balaban J connectivity index is 0.00000289. The summed E-state index contributed by atoms with van der Waals surface area (Å²) in [6.07, 6.45) is 0.840. The molecular weight excluding hydrogens is 429 g/mol. The minimum Gasteiger partial charge on any atom is -1.00 e. The molecule has 1 aromatic carbocycles. The minimum absolute atomic E-state index is 0. The van der Waals surface area contributed by atoms with E-state index < -0.39 is 29.4 Å². The molecule has 168 valence electrons. The molecule has 0 aliphatic carbocycles. The summed E-state index contributed by atoms with van der Waals surface area (Å²) in [5, 5.41) is 23.2. The third-order valence-electron chi connectivity index (χ3n) is 4.36. The Hall–Kier alpha value is -3.95. The molecule has 0 saturated carbocycles. The summed E-state index contributed by atoms with van der Waals surface area (Å²) in [6, 6.07) is 4.86. The van der Waals surface area contributed by atoms with E-state index in [0.717, 1.165) is 0 Å². The van der Waals surface area contributed by atoms with Crippen molar-refractivity contribution < 1.29 is 44.9 Å². The molecule has 0 saturated heterocycles. The fourth-order valence-electron chi connectivity index (χ4n) is 2.75. The van der Waals surface area contributed by atoms with Crippen LogP contribution in [0.15, 0.2) is 35.3 Å². The Bertz CT molecular complexity index is 1240. The number of nitrogens with two attached hydrogens (primary N) is 1. The summed E-state index contributed by atoms with van der Waals surface area (Å²) in [7, 11) is 0. The number of aromatic amines is 1. The van der Waals surface area contributed by atoms with E-state index in [1.54, 1.807) is 12.1 Å². The van der Waals surface area contributed by atoms with Crippen LogP contribution in [-0.2, 0) is 16.1 Å². The first-order valence-corrected chi connectivity index (χ1v) is 9.33.